The highest BCUT2D eigenvalue weighted by Crippen LogP contribution is 2.31. The predicted molar refractivity (Wildman–Crippen MR) is 60.5 cm³/mol. The van der Waals surface area contributed by atoms with E-state index < -0.39 is 17.5 Å². The van der Waals surface area contributed by atoms with Crippen molar-refractivity contribution in [1.29, 1.82) is 0 Å². The molecule has 0 aliphatic heterocycles. The van der Waals surface area contributed by atoms with E-state index in [0.29, 0.717) is 0 Å². The lowest BCUT2D eigenvalue weighted by molar-refractivity contribution is 0.0846. The van der Waals surface area contributed by atoms with Crippen molar-refractivity contribution in [3.8, 4) is 0 Å². The SMILES string of the molecule is CC1(NC(=O)c2cc(F)c(N)cc2F)CCC1. The van der Waals surface area contributed by atoms with Crippen LogP contribution in [0.1, 0.15) is 36.5 Å². The number of nitrogens with one attached hydrogen (secondary N) is 1. The van der Waals surface area contributed by atoms with Crippen molar-refractivity contribution >= 4 is 11.6 Å². The van der Waals surface area contributed by atoms with Gasteiger partial charge in [0.05, 0.1) is 11.3 Å². The Balaban J connectivity index is 2.22. The average molecular weight is 240 g/mol. The summed E-state index contributed by atoms with van der Waals surface area (Å²) in [5, 5.41) is 2.71. The normalized spacial score (nSPS) is 17.4. The number of rotatable bonds is 2. The molecule has 0 unspecified atom stereocenters. The summed E-state index contributed by atoms with van der Waals surface area (Å²) in [6, 6.07) is 1.66. The minimum absolute atomic E-state index is 0.290. The molecule has 3 nitrogen and oxygen atoms in total. The fraction of sp³-hybridized carbons (Fsp3) is 0.417. The Morgan fingerprint density at radius 2 is 2.00 bits per heavy atom. The van der Waals surface area contributed by atoms with Crippen LogP contribution in [0.5, 0.6) is 0 Å². The Labute approximate surface area is 98.0 Å². The number of nitrogens with two attached hydrogens (primary N) is 1. The van der Waals surface area contributed by atoms with Crippen molar-refractivity contribution in [2.45, 2.75) is 31.7 Å². The molecule has 0 spiro atoms. The second-order valence-electron chi connectivity index (χ2n) is 4.72. The van der Waals surface area contributed by atoms with Crippen LogP contribution in [0.4, 0.5) is 14.5 Å². The first-order chi connectivity index (χ1) is 7.91. The minimum atomic E-state index is -0.802. The van der Waals surface area contributed by atoms with Gasteiger partial charge in [0.25, 0.3) is 5.91 Å². The molecular formula is C12H14F2N2O. The number of hydrogen-bond acceptors (Lipinski definition) is 2. The fourth-order valence-electron chi connectivity index (χ4n) is 1.91. The molecule has 0 heterocycles. The highest BCUT2D eigenvalue weighted by Gasteiger charge is 2.34. The van der Waals surface area contributed by atoms with Gasteiger partial charge < -0.3 is 11.1 Å². The zero-order chi connectivity index (χ0) is 12.6. The summed E-state index contributed by atoms with van der Waals surface area (Å²) in [5.74, 6) is -2.18. The van der Waals surface area contributed by atoms with Crippen LogP contribution in [0.2, 0.25) is 0 Å². The Kier molecular flexibility index (Phi) is 2.77. The zero-order valence-corrected chi connectivity index (χ0v) is 9.52. The van der Waals surface area contributed by atoms with E-state index in [2.05, 4.69) is 5.32 Å². The number of benzene rings is 1. The molecule has 5 heteroatoms. The highest BCUT2D eigenvalue weighted by molar-refractivity contribution is 5.95. The molecule has 0 aromatic heterocycles. The van der Waals surface area contributed by atoms with Crippen LogP contribution in [0.15, 0.2) is 12.1 Å². The number of hydrogen-bond donors (Lipinski definition) is 2. The molecule has 0 atom stereocenters. The summed E-state index contributed by atoms with van der Waals surface area (Å²) >= 11 is 0. The summed E-state index contributed by atoms with van der Waals surface area (Å²) in [6.45, 7) is 1.89. The largest absolute Gasteiger partial charge is 0.396 e. The van der Waals surface area contributed by atoms with Crippen molar-refractivity contribution < 1.29 is 13.6 Å². The van der Waals surface area contributed by atoms with Gasteiger partial charge in [0.1, 0.15) is 11.6 Å². The summed E-state index contributed by atoms with van der Waals surface area (Å²) in [7, 11) is 0. The maximum absolute atomic E-state index is 13.5. The van der Waals surface area contributed by atoms with Crippen LogP contribution in [-0.4, -0.2) is 11.4 Å². The van der Waals surface area contributed by atoms with Crippen molar-refractivity contribution in [2.75, 3.05) is 5.73 Å². The third-order valence-corrected chi connectivity index (χ3v) is 3.20. The third kappa shape index (κ3) is 2.23. The molecule has 1 fully saturated rings. The van der Waals surface area contributed by atoms with Gasteiger partial charge in [0.2, 0.25) is 0 Å². The van der Waals surface area contributed by atoms with Crippen LogP contribution in [0.3, 0.4) is 0 Å². The molecular weight excluding hydrogens is 226 g/mol. The Hall–Kier alpha value is -1.65. The Bertz CT molecular complexity index is 470. The molecule has 0 radical (unpaired) electrons. The molecule has 1 aliphatic carbocycles. The van der Waals surface area contributed by atoms with Gasteiger partial charge in [-0.2, -0.15) is 0 Å². The van der Waals surface area contributed by atoms with Gasteiger partial charge in [-0.05, 0) is 32.3 Å². The quantitative estimate of drug-likeness (QED) is 0.779. The first-order valence-electron chi connectivity index (χ1n) is 5.48. The topological polar surface area (TPSA) is 55.1 Å². The van der Waals surface area contributed by atoms with E-state index in [1.54, 1.807) is 0 Å². The monoisotopic (exact) mass is 240 g/mol. The molecule has 17 heavy (non-hydrogen) atoms. The van der Waals surface area contributed by atoms with Crippen molar-refractivity contribution in [3.63, 3.8) is 0 Å². The van der Waals surface area contributed by atoms with E-state index >= 15 is 0 Å². The lowest BCUT2D eigenvalue weighted by atomic mass is 9.78. The maximum Gasteiger partial charge on any atom is 0.254 e. The number of halogens is 2. The van der Waals surface area contributed by atoms with Crippen molar-refractivity contribution in [1.82, 2.24) is 5.32 Å². The third-order valence-electron chi connectivity index (χ3n) is 3.20. The lowest BCUT2D eigenvalue weighted by Gasteiger charge is -2.39. The molecule has 92 valence electrons. The zero-order valence-electron chi connectivity index (χ0n) is 9.52. The van der Waals surface area contributed by atoms with Gasteiger partial charge >= 0.3 is 0 Å². The van der Waals surface area contributed by atoms with Crippen LogP contribution in [0.25, 0.3) is 0 Å². The number of carbonyl (C=O) groups excluding carboxylic acids is 1. The van der Waals surface area contributed by atoms with Crippen LogP contribution in [0, 0.1) is 11.6 Å². The fourth-order valence-corrected chi connectivity index (χ4v) is 1.91. The van der Waals surface area contributed by atoms with E-state index in [1.165, 1.54) is 0 Å². The van der Waals surface area contributed by atoms with E-state index in [0.717, 1.165) is 31.4 Å². The average Bonchev–Trinajstić information content (AvgIpc) is 2.21. The second kappa shape index (κ2) is 3.98. The van der Waals surface area contributed by atoms with Gasteiger partial charge in [0, 0.05) is 11.6 Å². The minimum Gasteiger partial charge on any atom is -0.396 e. The van der Waals surface area contributed by atoms with Crippen molar-refractivity contribution in [2.24, 2.45) is 0 Å². The summed E-state index contributed by atoms with van der Waals surface area (Å²) < 4.78 is 26.6. The van der Waals surface area contributed by atoms with Gasteiger partial charge in [0.15, 0.2) is 0 Å². The predicted octanol–water partition coefficient (Wildman–Crippen LogP) is 2.22. The standard InChI is InChI=1S/C12H14F2N2O/c1-12(3-2-4-12)16-11(17)7-5-9(14)10(15)6-8(7)13/h5-6H,2-4,15H2,1H3,(H,16,17). The number of amides is 1. The summed E-state index contributed by atoms with van der Waals surface area (Å²) in [4.78, 5) is 11.8. The number of carbonyl (C=O) groups is 1. The van der Waals surface area contributed by atoms with Gasteiger partial charge in [-0.3, -0.25) is 4.79 Å². The second-order valence-corrected chi connectivity index (χ2v) is 4.72. The molecule has 3 N–H and O–H groups in total. The number of anilines is 1. The Morgan fingerprint density at radius 1 is 1.35 bits per heavy atom. The molecule has 1 saturated carbocycles. The van der Waals surface area contributed by atoms with Crippen LogP contribution < -0.4 is 11.1 Å². The van der Waals surface area contributed by atoms with Crippen molar-refractivity contribution in [3.05, 3.63) is 29.3 Å². The molecule has 0 bridgehead atoms. The number of nitrogen functional groups attached to an aromatic ring is 1. The highest BCUT2D eigenvalue weighted by atomic mass is 19.1. The Morgan fingerprint density at radius 3 is 2.53 bits per heavy atom. The molecule has 2 rings (SSSR count). The maximum atomic E-state index is 13.5. The summed E-state index contributed by atoms with van der Waals surface area (Å²) in [5.41, 5.74) is 4.32. The molecule has 1 aliphatic rings. The van der Waals surface area contributed by atoms with Gasteiger partial charge in [-0.25, -0.2) is 8.78 Å². The van der Waals surface area contributed by atoms with Crippen LogP contribution >= 0.6 is 0 Å². The van der Waals surface area contributed by atoms with Gasteiger partial charge in [-0.15, -0.1) is 0 Å². The van der Waals surface area contributed by atoms with Crippen LogP contribution in [-0.2, 0) is 0 Å². The smallest absolute Gasteiger partial charge is 0.254 e. The summed E-state index contributed by atoms with van der Waals surface area (Å²) in [6.07, 6.45) is 2.75. The van der Waals surface area contributed by atoms with E-state index in [4.69, 9.17) is 5.73 Å². The van der Waals surface area contributed by atoms with E-state index in [9.17, 15) is 13.6 Å². The van der Waals surface area contributed by atoms with E-state index in [-0.39, 0.29) is 16.8 Å². The van der Waals surface area contributed by atoms with E-state index in [1.807, 2.05) is 6.92 Å². The lowest BCUT2D eigenvalue weighted by Crippen LogP contribution is -2.51. The van der Waals surface area contributed by atoms with Gasteiger partial charge in [-0.1, -0.05) is 0 Å². The molecule has 1 amide bonds. The molecule has 1 aromatic carbocycles. The first-order valence-corrected chi connectivity index (χ1v) is 5.48. The molecule has 0 saturated heterocycles. The first kappa shape index (κ1) is 11.8. The molecule has 1 aromatic rings.